The van der Waals surface area contributed by atoms with E-state index in [-0.39, 0.29) is 45.5 Å². The van der Waals surface area contributed by atoms with Crippen LogP contribution in [0.1, 0.15) is 10.4 Å². The van der Waals surface area contributed by atoms with Crippen LogP contribution in [0.15, 0.2) is 69.9 Å². The second kappa shape index (κ2) is 14.9. The molecule has 2 saturated heterocycles. The lowest BCUT2D eigenvalue weighted by Crippen LogP contribution is -2.60. The second-order valence-corrected chi connectivity index (χ2v) is 12.1. The summed E-state index contributed by atoms with van der Waals surface area (Å²) >= 11 is 0. The molecule has 0 aromatic heterocycles. The zero-order valence-corrected chi connectivity index (χ0v) is 26.7. The van der Waals surface area contributed by atoms with Gasteiger partial charge in [0.15, 0.2) is 28.4 Å². The van der Waals surface area contributed by atoms with Crippen LogP contribution in [0.4, 0.5) is 0 Å². The van der Waals surface area contributed by atoms with Gasteiger partial charge in [0.05, 0.1) is 17.7 Å². The van der Waals surface area contributed by atoms with Crippen molar-refractivity contribution in [1.82, 2.24) is 0 Å². The van der Waals surface area contributed by atoms with Crippen LogP contribution in [-0.2, 0) is 14.2 Å². The predicted octanol–water partition coefficient (Wildman–Crippen LogP) is -1.25. The molecule has 2 fully saturated rings. The van der Waals surface area contributed by atoms with E-state index in [1.165, 1.54) is 42.5 Å². The number of aromatic hydroxyl groups is 3. The van der Waals surface area contributed by atoms with Crippen LogP contribution in [0.3, 0.4) is 0 Å². The summed E-state index contributed by atoms with van der Waals surface area (Å²) in [6.07, 6.45) is -16.9. The normalized spacial score (nSPS) is 29.1. The molecule has 0 unspecified atom stereocenters. The van der Waals surface area contributed by atoms with Gasteiger partial charge in [-0.3, -0.25) is 4.79 Å². The fraction of sp³-hybridized carbons (Fsp3) is 0.353. The molecule has 0 amide bonds. The topological polar surface area (TPSA) is 296 Å². The number of carbonyl (C=O) groups is 1. The highest BCUT2D eigenvalue weighted by Crippen LogP contribution is 2.41. The monoisotopic (exact) mass is 730 g/mol. The van der Waals surface area contributed by atoms with E-state index in [0.29, 0.717) is 0 Å². The Kier molecular flexibility index (Phi) is 10.5. The van der Waals surface area contributed by atoms with E-state index in [9.17, 15) is 60.7 Å². The lowest BCUT2D eigenvalue weighted by Gasteiger charge is -2.40. The van der Waals surface area contributed by atoms with E-state index in [4.69, 9.17) is 28.1 Å². The van der Waals surface area contributed by atoms with Gasteiger partial charge in [-0.15, -0.1) is 0 Å². The number of carbonyl (C=O) groups excluding carboxylic acids is 1. The minimum Gasteiger partial charge on any atom is -0.508 e. The Morgan fingerprint density at radius 2 is 1.33 bits per heavy atom. The predicted molar refractivity (Wildman–Crippen MR) is 170 cm³/mol. The highest BCUT2D eigenvalue weighted by Gasteiger charge is 2.47. The van der Waals surface area contributed by atoms with Crippen molar-refractivity contribution >= 4 is 5.97 Å². The van der Waals surface area contributed by atoms with Gasteiger partial charge < -0.3 is 79.2 Å². The lowest BCUT2D eigenvalue weighted by molar-refractivity contribution is -0.277. The molecular formula is C34H34O18. The number of hydrogen-bond donors (Lipinski definition) is 10. The number of aliphatic hydroxyl groups is 7. The number of hydrogen-bond acceptors (Lipinski definition) is 18. The molecule has 1 aliphatic carbocycles. The number of rotatable bonds is 9. The smallest absolute Gasteiger partial charge is 0.338 e. The minimum atomic E-state index is -1.85. The molecule has 278 valence electrons. The number of benzene rings is 3. The van der Waals surface area contributed by atoms with Gasteiger partial charge in [0.2, 0.25) is 12.6 Å². The Morgan fingerprint density at radius 3 is 1.98 bits per heavy atom. The van der Waals surface area contributed by atoms with Gasteiger partial charge in [-0.05, 0) is 48.5 Å². The van der Waals surface area contributed by atoms with E-state index in [2.05, 4.69) is 0 Å². The number of fused-ring (bicyclic) bond motifs is 1. The van der Waals surface area contributed by atoms with Crippen molar-refractivity contribution in [2.24, 2.45) is 0 Å². The quantitative estimate of drug-likeness (QED) is 0.0711. The maximum atomic E-state index is 13.4. The first-order chi connectivity index (χ1) is 24.7. The van der Waals surface area contributed by atoms with Gasteiger partial charge in [-0.25, -0.2) is 4.79 Å². The van der Waals surface area contributed by atoms with E-state index in [1.54, 1.807) is 0 Å². The van der Waals surface area contributed by atoms with Crippen LogP contribution in [0.25, 0.3) is 22.6 Å². The largest absolute Gasteiger partial charge is 0.508 e. The summed E-state index contributed by atoms with van der Waals surface area (Å²) in [5, 5.41) is 102. The molecule has 10 N–H and O–H groups in total. The Labute approximate surface area is 292 Å². The molecule has 0 radical (unpaired) electrons. The van der Waals surface area contributed by atoms with E-state index in [0.717, 1.165) is 18.2 Å². The summed E-state index contributed by atoms with van der Waals surface area (Å²) in [7, 11) is 0. The van der Waals surface area contributed by atoms with Gasteiger partial charge in [0.25, 0.3) is 0 Å². The molecule has 2 aromatic carbocycles. The van der Waals surface area contributed by atoms with Crippen molar-refractivity contribution in [2.75, 3.05) is 13.2 Å². The van der Waals surface area contributed by atoms with Gasteiger partial charge in [0.1, 0.15) is 72.7 Å². The van der Waals surface area contributed by atoms with Crippen LogP contribution in [-0.4, -0.2) is 132 Å². The molecule has 2 aromatic rings. The first-order valence-electron chi connectivity index (χ1n) is 15.7. The number of esters is 1. The molecule has 3 aliphatic heterocycles. The number of ether oxygens (including phenoxy) is 5. The Hall–Kier alpha value is -5.02. The van der Waals surface area contributed by atoms with Crippen LogP contribution >= 0.6 is 0 Å². The number of phenols is 3. The highest BCUT2D eigenvalue weighted by atomic mass is 16.7. The zero-order valence-electron chi connectivity index (χ0n) is 26.7. The molecule has 52 heavy (non-hydrogen) atoms. The number of aliphatic hydroxyl groups excluding tert-OH is 7. The summed E-state index contributed by atoms with van der Waals surface area (Å²) in [6, 6.07) is 12.0. The average Bonchev–Trinajstić information content (AvgIpc) is 3.12. The SMILES string of the molecule is O=C(OC[C@H]1O[C@@H](Oc2cc3oc(-c4ccc(O)c(O)c4)c(O[C@@H]4O[C@H](CO)[C@@H](O)[C@H](O)[C@H]4O)cc-3c(=O)c2)[C@H](O)[C@@H](O)[C@@H]1O)c1ccc(O)cc1. The van der Waals surface area contributed by atoms with Gasteiger partial charge in [-0.2, -0.15) is 0 Å². The van der Waals surface area contributed by atoms with Crippen LogP contribution in [0.5, 0.6) is 28.7 Å². The van der Waals surface area contributed by atoms with Crippen LogP contribution in [0, 0.1) is 0 Å². The first kappa shape index (κ1) is 36.8. The van der Waals surface area contributed by atoms with Gasteiger partial charge in [0, 0.05) is 17.7 Å². The third-order valence-electron chi connectivity index (χ3n) is 8.52. The van der Waals surface area contributed by atoms with E-state index >= 15 is 0 Å². The second-order valence-electron chi connectivity index (χ2n) is 12.1. The maximum Gasteiger partial charge on any atom is 0.338 e. The molecule has 6 rings (SSSR count). The van der Waals surface area contributed by atoms with Crippen molar-refractivity contribution in [3.8, 4) is 51.4 Å². The van der Waals surface area contributed by atoms with Crippen molar-refractivity contribution in [1.29, 1.82) is 0 Å². The number of phenolic OH excluding ortho intramolecular Hbond substituents is 3. The van der Waals surface area contributed by atoms with Crippen LogP contribution in [0.2, 0.25) is 0 Å². The van der Waals surface area contributed by atoms with Crippen molar-refractivity contribution in [3.63, 3.8) is 0 Å². The summed E-state index contributed by atoms with van der Waals surface area (Å²) < 4.78 is 33.7. The Bertz CT molecular complexity index is 1910. The molecular weight excluding hydrogens is 696 g/mol. The first-order valence-corrected chi connectivity index (χ1v) is 15.7. The molecule has 10 atom stereocenters. The molecule has 4 aliphatic rings. The Balaban J connectivity index is 1.29. The summed E-state index contributed by atoms with van der Waals surface area (Å²) in [5.74, 6) is -2.88. The van der Waals surface area contributed by atoms with E-state index in [1.807, 2.05) is 0 Å². The van der Waals surface area contributed by atoms with Crippen molar-refractivity contribution in [2.45, 2.75) is 61.4 Å². The zero-order chi connectivity index (χ0) is 37.4. The van der Waals surface area contributed by atoms with Crippen LogP contribution < -0.4 is 14.9 Å². The summed E-state index contributed by atoms with van der Waals surface area (Å²) in [6.45, 7) is -1.34. The minimum absolute atomic E-state index is 0.0722. The summed E-state index contributed by atoms with van der Waals surface area (Å²) in [4.78, 5) is 25.8. The Morgan fingerprint density at radius 1 is 0.692 bits per heavy atom. The summed E-state index contributed by atoms with van der Waals surface area (Å²) in [5.41, 5.74) is -0.745. The third-order valence-corrected chi connectivity index (χ3v) is 8.52. The average molecular weight is 731 g/mol. The fourth-order valence-corrected chi connectivity index (χ4v) is 5.60. The van der Waals surface area contributed by atoms with Gasteiger partial charge in [-0.1, -0.05) is 0 Å². The molecule has 3 heterocycles. The maximum absolute atomic E-state index is 13.4. The molecule has 0 spiro atoms. The molecule has 0 saturated carbocycles. The standard InChI is InChI=1S/C34H34O18/c35-11-23-25(40)27(42)30(45)34(51-23)50-22-10-17-19(38)8-16(9-21(17)49-31(22)14-3-6-18(37)20(39)7-14)48-33-29(44)28(43)26(41)24(52-33)12-47-32(46)13-1-4-15(36)5-2-13/h1-10,23-30,33-37,39-45H,11-12H2/t23-,24-,25-,26-,27+,28+,29-,30-,33-,34-/m1/s1. The van der Waals surface area contributed by atoms with E-state index < -0.39 is 97.5 Å². The third kappa shape index (κ3) is 7.33. The highest BCUT2D eigenvalue weighted by molar-refractivity contribution is 5.89. The lowest BCUT2D eigenvalue weighted by atomic mass is 9.99. The molecule has 18 nitrogen and oxygen atoms in total. The van der Waals surface area contributed by atoms with Gasteiger partial charge >= 0.3 is 5.97 Å². The van der Waals surface area contributed by atoms with Crippen molar-refractivity contribution in [3.05, 3.63) is 76.5 Å². The fourth-order valence-electron chi connectivity index (χ4n) is 5.60. The molecule has 0 bridgehead atoms. The molecule has 18 heteroatoms. The van der Waals surface area contributed by atoms with Crippen molar-refractivity contribution < 1.29 is 84.0 Å².